The van der Waals surface area contributed by atoms with Gasteiger partial charge in [0.1, 0.15) is 0 Å². The lowest BCUT2D eigenvalue weighted by Crippen LogP contribution is -2.08. The number of ether oxygens (including phenoxy) is 1. The predicted molar refractivity (Wildman–Crippen MR) is 91.1 cm³/mol. The van der Waals surface area contributed by atoms with Gasteiger partial charge in [0, 0.05) is 11.3 Å². The van der Waals surface area contributed by atoms with E-state index in [9.17, 15) is 4.79 Å². The third-order valence-corrected chi connectivity index (χ3v) is 4.53. The SMILES string of the molecule is CCOC(=O)c1cc(C)n(Cc2cc(C)cc3sc(C)nc23)n1. The van der Waals surface area contributed by atoms with Gasteiger partial charge >= 0.3 is 5.97 Å². The Hall–Kier alpha value is -2.21. The van der Waals surface area contributed by atoms with Crippen molar-refractivity contribution < 1.29 is 9.53 Å². The molecule has 0 N–H and O–H groups in total. The fourth-order valence-corrected chi connectivity index (χ4v) is 3.59. The van der Waals surface area contributed by atoms with Crippen LogP contribution < -0.4 is 0 Å². The number of carbonyl (C=O) groups is 1. The van der Waals surface area contributed by atoms with Crippen molar-refractivity contribution in [3.05, 3.63) is 45.7 Å². The molecule has 0 atom stereocenters. The summed E-state index contributed by atoms with van der Waals surface area (Å²) in [5.41, 5.74) is 4.61. The lowest BCUT2D eigenvalue weighted by molar-refractivity contribution is 0.0518. The molecular weight excluding hydrogens is 310 g/mol. The maximum Gasteiger partial charge on any atom is 0.358 e. The number of aromatic nitrogens is 3. The molecule has 3 aromatic rings. The highest BCUT2D eigenvalue weighted by Gasteiger charge is 2.15. The number of thiazole rings is 1. The first-order chi connectivity index (χ1) is 11.0. The molecule has 0 radical (unpaired) electrons. The molecule has 2 aromatic heterocycles. The van der Waals surface area contributed by atoms with Crippen LogP contribution >= 0.6 is 11.3 Å². The zero-order valence-corrected chi connectivity index (χ0v) is 14.5. The summed E-state index contributed by atoms with van der Waals surface area (Å²) in [7, 11) is 0. The summed E-state index contributed by atoms with van der Waals surface area (Å²) in [5.74, 6) is -0.381. The second-order valence-corrected chi connectivity index (χ2v) is 6.79. The van der Waals surface area contributed by atoms with Crippen LogP contribution in [-0.2, 0) is 11.3 Å². The average molecular weight is 329 g/mol. The summed E-state index contributed by atoms with van der Waals surface area (Å²) in [6.07, 6.45) is 0. The van der Waals surface area contributed by atoms with Crippen molar-refractivity contribution in [2.75, 3.05) is 6.61 Å². The van der Waals surface area contributed by atoms with E-state index in [0.29, 0.717) is 18.8 Å². The minimum Gasteiger partial charge on any atom is -0.461 e. The smallest absolute Gasteiger partial charge is 0.358 e. The number of carbonyl (C=O) groups excluding carboxylic acids is 1. The number of fused-ring (bicyclic) bond motifs is 1. The van der Waals surface area contributed by atoms with Crippen LogP contribution in [0.1, 0.15) is 39.2 Å². The highest BCUT2D eigenvalue weighted by molar-refractivity contribution is 7.18. The zero-order chi connectivity index (χ0) is 16.6. The maximum absolute atomic E-state index is 11.8. The first kappa shape index (κ1) is 15.7. The fourth-order valence-electron chi connectivity index (χ4n) is 2.62. The van der Waals surface area contributed by atoms with E-state index in [1.165, 1.54) is 10.3 Å². The molecule has 0 bridgehead atoms. The normalized spacial score (nSPS) is 11.1. The Morgan fingerprint density at radius 2 is 2.04 bits per heavy atom. The molecule has 1 aromatic carbocycles. The lowest BCUT2D eigenvalue weighted by atomic mass is 10.1. The molecule has 6 heteroatoms. The second kappa shape index (κ2) is 6.12. The van der Waals surface area contributed by atoms with Crippen molar-refractivity contribution in [2.45, 2.75) is 34.2 Å². The molecule has 0 fully saturated rings. The molecule has 120 valence electrons. The summed E-state index contributed by atoms with van der Waals surface area (Å²) >= 11 is 1.70. The largest absolute Gasteiger partial charge is 0.461 e. The van der Waals surface area contributed by atoms with Crippen LogP contribution in [0.2, 0.25) is 0 Å². The molecule has 0 aliphatic rings. The third-order valence-electron chi connectivity index (χ3n) is 3.61. The first-order valence-corrected chi connectivity index (χ1v) is 8.38. The van der Waals surface area contributed by atoms with E-state index in [1.807, 2.05) is 18.5 Å². The van der Waals surface area contributed by atoms with E-state index < -0.39 is 0 Å². The van der Waals surface area contributed by atoms with E-state index in [-0.39, 0.29) is 5.97 Å². The Morgan fingerprint density at radius 1 is 1.26 bits per heavy atom. The molecule has 0 amide bonds. The quantitative estimate of drug-likeness (QED) is 0.686. The fraction of sp³-hybridized carbons (Fsp3) is 0.353. The van der Waals surface area contributed by atoms with Crippen molar-refractivity contribution in [3.8, 4) is 0 Å². The number of nitrogens with zero attached hydrogens (tertiary/aromatic N) is 3. The van der Waals surface area contributed by atoms with Crippen molar-refractivity contribution in [1.82, 2.24) is 14.8 Å². The molecule has 5 nitrogen and oxygen atoms in total. The van der Waals surface area contributed by atoms with Gasteiger partial charge < -0.3 is 4.74 Å². The molecule has 0 saturated carbocycles. The van der Waals surface area contributed by atoms with E-state index in [0.717, 1.165) is 21.8 Å². The van der Waals surface area contributed by atoms with Gasteiger partial charge in [0.2, 0.25) is 0 Å². The predicted octanol–water partition coefficient (Wildman–Crippen LogP) is 3.64. The highest BCUT2D eigenvalue weighted by atomic mass is 32.1. The number of aryl methyl sites for hydroxylation is 3. The van der Waals surface area contributed by atoms with Gasteiger partial charge in [-0.25, -0.2) is 9.78 Å². The number of esters is 1. The van der Waals surface area contributed by atoms with Gasteiger partial charge in [-0.05, 0) is 45.4 Å². The first-order valence-electron chi connectivity index (χ1n) is 7.56. The topological polar surface area (TPSA) is 57.0 Å². The van der Waals surface area contributed by atoms with Gasteiger partial charge in [-0.2, -0.15) is 5.10 Å². The Balaban J connectivity index is 1.98. The average Bonchev–Trinajstić information content (AvgIpc) is 3.02. The maximum atomic E-state index is 11.8. The third kappa shape index (κ3) is 3.12. The highest BCUT2D eigenvalue weighted by Crippen LogP contribution is 2.27. The van der Waals surface area contributed by atoms with E-state index in [2.05, 4.69) is 29.1 Å². The van der Waals surface area contributed by atoms with Crippen LogP contribution in [0.4, 0.5) is 0 Å². The van der Waals surface area contributed by atoms with Crippen molar-refractivity contribution in [3.63, 3.8) is 0 Å². The summed E-state index contributed by atoms with van der Waals surface area (Å²) in [6.45, 7) is 8.76. The monoisotopic (exact) mass is 329 g/mol. The van der Waals surface area contributed by atoms with Gasteiger partial charge in [-0.1, -0.05) is 6.07 Å². The summed E-state index contributed by atoms with van der Waals surface area (Å²) < 4.78 is 8.03. The molecule has 3 rings (SSSR count). The van der Waals surface area contributed by atoms with Crippen LogP contribution in [0.15, 0.2) is 18.2 Å². The van der Waals surface area contributed by atoms with Crippen LogP contribution in [0.5, 0.6) is 0 Å². The molecule has 2 heterocycles. The summed E-state index contributed by atoms with van der Waals surface area (Å²) in [5, 5.41) is 5.44. The molecule has 0 unspecified atom stereocenters. The van der Waals surface area contributed by atoms with Crippen molar-refractivity contribution >= 4 is 27.5 Å². The molecular formula is C17H19N3O2S. The number of hydrogen-bond acceptors (Lipinski definition) is 5. The Bertz CT molecular complexity index is 879. The summed E-state index contributed by atoms with van der Waals surface area (Å²) in [6, 6.07) is 6.05. The van der Waals surface area contributed by atoms with Gasteiger partial charge in [-0.3, -0.25) is 4.68 Å². The van der Waals surface area contributed by atoms with Gasteiger partial charge in [0.25, 0.3) is 0 Å². The van der Waals surface area contributed by atoms with Crippen LogP contribution in [0, 0.1) is 20.8 Å². The van der Waals surface area contributed by atoms with Gasteiger partial charge in [0.15, 0.2) is 5.69 Å². The number of benzene rings is 1. The van der Waals surface area contributed by atoms with Crippen LogP contribution in [0.25, 0.3) is 10.2 Å². The minimum absolute atomic E-state index is 0.349. The van der Waals surface area contributed by atoms with Crippen LogP contribution in [-0.4, -0.2) is 27.3 Å². The zero-order valence-electron chi connectivity index (χ0n) is 13.7. The minimum atomic E-state index is -0.381. The second-order valence-electron chi connectivity index (χ2n) is 5.55. The Labute approximate surface area is 138 Å². The number of hydrogen-bond donors (Lipinski definition) is 0. The standard InChI is InChI=1S/C17H19N3O2S/c1-5-22-17(21)14-8-11(3)20(19-14)9-13-6-10(2)7-15-16(13)18-12(4)23-15/h6-8H,5,9H2,1-4H3. The lowest BCUT2D eigenvalue weighted by Gasteiger charge is -2.07. The van der Waals surface area contributed by atoms with Crippen molar-refractivity contribution in [2.24, 2.45) is 0 Å². The van der Waals surface area contributed by atoms with Crippen LogP contribution in [0.3, 0.4) is 0 Å². The van der Waals surface area contributed by atoms with Crippen molar-refractivity contribution in [1.29, 1.82) is 0 Å². The molecule has 23 heavy (non-hydrogen) atoms. The molecule has 0 aliphatic heterocycles. The van der Waals surface area contributed by atoms with E-state index in [4.69, 9.17) is 4.74 Å². The van der Waals surface area contributed by atoms with Gasteiger partial charge in [0.05, 0.1) is 28.4 Å². The summed E-state index contributed by atoms with van der Waals surface area (Å²) in [4.78, 5) is 16.5. The Morgan fingerprint density at radius 3 is 2.78 bits per heavy atom. The Kier molecular flexibility index (Phi) is 4.17. The van der Waals surface area contributed by atoms with E-state index in [1.54, 1.807) is 24.3 Å². The van der Waals surface area contributed by atoms with Gasteiger partial charge in [-0.15, -0.1) is 11.3 Å². The molecule has 0 spiro atoms. The number of rotatable bonds is 4. The van der Waals surface area contributed by atoms with E-state index >= 15 is 0 Å². The molecule has 0 aliphatic carbocycles. The molecule has 0 saturated heterocycles.